The van der Waals surface area contributed by atoms with E-state index in [1.807, 2.05) is 13.8 Å². The van der Waals surface area contributed by atoms with Gasteiger partial charge in [-0.25, -0.2) is 0 Å². The molecule has 0 amide bonds. The van der Waals surface area contributed by atoms with E-state index in [4.69, 9.17) is 9.47 Å². The van der Waals surface area contributed by atoms with Crippen LogP contribution in [0.5, 0.6) is 0 Å². The van der Waals surface area contributed by atoms with E-state index in [-0.39, 0.29) is 36.1 Å². The summed E-state index contributed by atoms with van der Waals surface area (Å²) in [6.45, 7) is 8.70. The average molecular weight is 505 g/mol. The summed E-state index contributed by atoms with van der Waals surface area (Å²) in [6.07, 6.45) is 4.00. The number of ketones is 1. The van der Waals surface area contributed by atoms with Gasteiger partial charge in [-0.1, -0.05) is 6.92 Å². The molecule has 4 N–H and O–H groups in total. The molecule has 0 aromatic rings. The van der Waals surface area contributed by atoms with Crippen molar-refractivity contribution in [1.29, 1.82) is 0 Å². The van der Waals surface area contributed by atoms with Crippen LogP contribution in [0.25, 0.3) is 0 Å². The molecule has 2 saturated heterocycles. The van der Waals surface area contributed by atoms with Gasteiger partial charge >= 0.3 is 5.97 Å². The van der Waals surface area contributed by atoms with Gasteiger partial charge in [0.15, 0.2) is 5.78 Å². The minimum absolute atomic E-state index is 0.000623. The molecule has 200 valence electrons. The monoisotopic (exact) mass is 504 g/mol. The molecule has 2 aliphatic heterocycles. The van der Waals surface area contributed by atoms with Crippen LogP contribution in [0.3, 0.4) is 0 Å². The standard InChI is InChI=1S/C28H40O8/c1-14-22(31)35-21(13-24(14,3)32)26(5,33)27(34)11-9-16-15-12-20-28(36-20)19(30)7-6-18(29)25(28,4)17(15)8-10-23(16,27)2/h6-7,14-17,19-21,30,32-34H,8-13H2,1-5H3/t14-,15-,16-,17-,19-,20+,21-,23-,24+,25-,26-,27+,28+/m0/s1. The van der Waals surface area contributed by atoms with Crippen molar-refractivity contribution in [2.45, 2.75) is 114 Å². The molecule has 8 heteroatoms. The highest BCUT2D eigenvalue weighted by atomic mass is 16.6. The molecule has 0 unspecified atom stereocenters. The number of aliphatic hydroxyl groups is 4. The number of epoxide rings is 1. The zero-order valence-electron chi connectivity index (χ0n) is 21.9. The highest BCUT2D eigenvalue weighted by Gasteiger charge is 2.81. The first kappa shape index (κ1) is 25.0. The smallest absolute Gasteiger partial charge is 0.311 e. The molecule has 36 heavy (non-hydrogen) atoms. The van der Waals surface area contributed by atoms with Crippen molar-refractivity contribution in [2.75, 3.05) is 0 Å². The highest BCUT2D eigenvalue weighted by molar-refractivity contribution is 5.98. The van der Waals surface area contributed by atoms with Gasteiger partial charge in [-0.15, -0.1) is 0 Å². The van der Waals surface area contributed by atoms with Crippen molar-refractivity contribution in [3.8, 4) is 0 Å². The maximum absolute atomic E-state index is 13.3. The first-order chi connectivity index (χ1) is 16.6. The Morgan fingerprint density at radius 2 is 1.75 bits per heavy atom. The molecule has 1 spiro atoms. The van der Waals surface area contributed by atoms with Crippen LogP contribution in [0.2, 0.25) is 0 Å². The van der Waals surface area contributed by atoms with Crippen molar-refractivity contribution in [3.05, 3.63) is 12.2 Å². The fourth-order valence-electron chi connectivity index (χ4n) is 9.71. The van der Waals surface area contributed by atoms with Crippen LogP contribution in [-0.4, -0.2) is 72.9 Å². The Labute approximate surface area is 212 Å². The number of ether oxygens (including phenoxy) is 2. The molecule has 13 atom stereocenters. The third-order valence-corrected chi connectivity index (χ3v) is 12.4. The summed E-state index contributed by atoms with van der Waals surface area (Å²) in [5.41, 5.74) is -7.04. The summed E-state index contributed by atoms with van der Waals surface area (Å²) in [4.78, 5) is 25.9. The lowest BCUT2D eigenvalue weighted by atomic mass is 9.43. The van der Waals surface area contributed by atoms with Gasteiger partial charge in [-0.05, 0) is 89.7 Å². The zero-order chi connectivity index (χ0) is 26.3. The van der Waals surface area contributed by atoms with Crippen LogP contribution in [0.15, 0.2) is 12.2 Å². The Kier molecular flexibility index (Phi) is 4.86. The maximum atomic E-state index is 13.3. The largest absolute Gasteiger partial charge is 0.459 e. The first-order valence-electron chi connectivity index (χ1n) is 13.5. The van der Waals surface area contributed by atoms with Crippen LogP contribution in [0.1, 0.15) is 73.1 Å². The number of aliphatic hydroxyl groups excluding tert-OH is 1. The van der Waals surface area contributed by atoms with Crippen LogP contribution < -0.4 is 0 Å². The first-order valence-corrected chi connectivity index (χ1v) is 13.5. The molecule has 0 radical (unpaired) electrons. The van der Waals surface area contributed by atoms with E-state index in [9.17, 15) is 30.0 Å². The number of rotatable bonds is 2. The molecule has 5 fully saturated rings. The molecule has 8 nitrogen and oxygen atoms in total. The fourth-order valence-corrected chi connectivity index (χ4v) is 9.71. The van der Waals surface area contributed by atoms with E-state index in [1.54, 1.807) is 26.8 Å². The van der Waals surface area contributed by atoms with E-state index >= 15 is 0 Å². The minimum atomic E-state index is -1.78. The molecular formula is C28H40O8. The quantitative estimate of drug-likeness (QED) is 0.329. The van der Waals surface area contributed by atoms with E-state index < -0.39 is 57.3 Å². The Bertz CT molecular complexity index is 1050. The Morgan fingerprint density at radius 1 is 1.08 bits per heavy atom. The van der Waals surface area contributed by atoms with Gasteiger partial charge < -0.3 is 29.9 Å². The van der Waals surface area contributed by atoms with Crippen molar-refractivity contribution >= 4 is 11.8 Å². The molecular weight excluding hydrogens is 464 g/mol. The fraction of sp³-hybridized carbons (Fsp3) is 0.857. The summed E-state index contributed by atoms with van der Waals surface area (Å²) in [5.74, 6) is -1.17. The van der Waals surface area contributed by atoms with Crippen molar-refractivity contribution < 1.29 is 39.5 Å². The van der Waals surface area contributed by atoms with Gasteiger partial charge in [0.1, 0.15) is 29.0 Å². The van der Waals surface area contributed by atoms with Gasteiger partial charge in [0.2, 0.25) is 0 Å². The lowest BCUT2D eigenvalue weighted by molar-refractivity contribution is -0.270. The maximum Gasteiger partial charge on any atom is 0.311 e. The van der Waals surface area contributed by atoms with Crippen LogP contribution in [0, 0.1) is 34.5 Å². The Morgan fingerprint density at radius 3 is 2.42 bits per heavy atom. The minimum Gasteiger partial charge on any atom is -0.459 e. The van der Waals surface area contributed by atoms with Crippen LogP contribution in [-0.2, 0) is 19.1 Å². The summed E-state index contributed by atoms with van der Waals surface area (Å²) in [5, 5.41) is 46.0. The summed E-state index contributed by atoms with van der Waals surface area (Å²) in [7, 11) is 0. The second kappa shape index (κ2) is 7.00. The van der Waals surface area contributed by atoms with Gasteiger partial charge in [-0.2, -0.15) is 0 Å². The van der Waals surface area contributed by atoms with Crippen molar-refractivity contribution in [3.63, 3.8) is 0 Å². The molecule has 0 aromatic heterocycles. The van der Waals surface area contributed by atoms with Crippen molar-refractivity contribution in [2.24, 2.45) is 34.5 Å². The van der Waals surface area contributed by atoms with E-state index in [0.717, 1.165) is 0 Å². The SMILES string of the molecule is C[C@H]1C(=O)O[C@H]([C@](C)(O)[C@@]2(O)CC[C@H]3[C@@H]4C[C@H]5O[C@]56[C@@H](O)C=CC(=O)[C@]6(C)[C@H]4CC[C@@]32C)C[C@@]1(C)O. The Balaban J connectivity index is 1.34. The molecule has 0 bridgehead atoms. The third kappa shape index (κ3) is 2.58. The lowest BCUT2D eigenvalue weighted by Gasteiger charge is -2.61. The number of cyclic esters (lactones) is 1. The number of esters is 1. The molecule has 6 aliphatic rings. The third-order valence-electron chi connectivity index (χ3n) is 12.4. The molecule has 4 aliphatic carbocycles. The number of hydrogen-bond acceptors (Lipinski definition) is 8. The predicted molar refractivity (Wildman–Crippen MR) is 127 cm³/mol. The van der Waals surface area contributed by atoms with Gasteiger partial charge in [0.05, 0.1) is 23.0 Å². The summed E-state index contributed by atoms with van der Waals surface area (Å²) >= 11 is 0. The van der Waals surface area contributed by atoms with E-state index in [0.29, 0.717) is 32.1 Å². The number of allylic oxidation sites excluding steroid dienone is 1. The number of hydrogen-bond donors (Lipinski definition) is 4. The van der Waals surface area contributed by atoms with Crippen LogP contribution >= 0.6 is 0 Å². The molecule has 0 aromatic carbocycles. The topological polar surface area (TPSA) is 137 Å². The number of fused-ring (bicyclic) bond motifs is 4. The van der Waals surface area contributed by atoms with Gasteiger partial charge in [-0.3, -0.25) is 9.59 Å². The molecule has 6 rings (SSSR count). The number of carbonyl (C=O) groups excluding carboxylic acids is 2. The molecule has 3 saturated carbocycles. The molecule has 2 heterocycles. The normalized spacial score (nSPS) is 59.2. The highest BCUT2D eigenvalue weighted by Crippen LogP contribution is 2.74. The zero-order valence-corrected chi connectivity index (χ0v) is 21.9. The Hall–Kier alpha value is -1.32. The number of carbonyl (C=O) groups is 2. The van der Waals surface area contributed by atoms with E-state index in [2.05, 4.69) is 0 Å². The second-order valence-corrected chi connectivity index (χ2v) is 13.6. The van der Waals surface area contributed by atoms with Gasteiger partial charge in [0, 0.05) is 11.8 Å². The second-order valence-electron chi connectivity index (χ2n) is 13.6. The van der Waals surface area contributed by atoms with Crippen molar-refractivity contribution in [1.82, 2.24) is 0 Å². The van der Waals surface area contributed by atoms with E-state index in [1.165, 1.54) is 6.08 Å². The lowest BCUT2D eigenvalue weighted by Crippen LogP contribution is -2.70. The summed E-state index contributed by atoms with van der Waals surface area (Å²) < 4.78 is 11.8. The van der Waals surface area contributed by atoms with Gasteiger partial charge in [0.25, 0.3) is 0 Å². The van der Waals surface area contributed by atoms with Crippen LogP contribution in [0.4, 0.5) is 0 Å². The predicted octanol–water partition coefficient (Wildman–Crippen LogP) is 1.66. The summed E-state index contributed by atoms with van der Waals surface area (Å²) in [6, 6.07) is 0. The average Bonchev–Trinajstić information content (AvgIpc) is 3.47.